The van der Waals surface area contributed by atoms with Crippen LogP contribution < -0.4 is 5.32 Å². The summed E-state index contributed by atoms with van der Waals surface area (Å²) in [5, 5.41) is 3.52. The number of hydrogen-bond acceptors (Lipinski definition) is 1. The predicted octanol–water partition coefficient (Wildman–Crippen LogP) is 3.37. The van der Waals surface area contributed by atoms with Gasteiger partial charge in [-0.05, 0) is 32.6 Å². The molecular formula is C12H25N. The van der Waals surface area contributed by atoms with E-state index in [9.17, 15) is 0 Å². The van der Waals surface area contributed by atoms with Crippen molar-refractivity contribution in [3.05, 3.63) is 12.2 Å². The van der Waals surface area contributed by atoms with Crippen molar-refractivity contribution < 1.29 is 0 Å². The summed E-state index contributed by atoms with van der Waals surface area (Å²) in [7, 11) is 0. The first kappa shape index (κ1) is 12.7. The van der Waals surface area contributed by atoms with Crippen LogP contribution in [0.5, 0.6) is 0 Å². The average Bonchev–Trinajstić information content (AvgIpc) is 1.78. The van der Waals surface area contributed by atoms with Crippen LogP contribution in [0.25, 0.3) is 0 Å². The predicted molar refractivity (Wildman–Crippen MR) is 61.0 cm³/mol. The Bertz CT molecular complexity index is 172. The summed E-state index contributed by atoms with van der Waals surface area (Å²) in [4.78, 5) is 0. The first-order valence-corrected chi connectivity index (χ1v) is 5.02. The fraction of sp³-hybridized carbons (Fsp3) is 0.833. The maximum Gasteiger partial charge on any atom is 0.0164 e. The molecule has 0 aliphatic carbocycles. The molecule has 1 nitrogen and oxygen atoms in total. The summed E-state index contributed by atoms with van der Waals surface area (Å²) in [5.41, 5.74) is 1.78. The minimum atomic E-state index is 0.206. The fourth-order valence-electron chi connectivity index (χ4n) is 1.78. The Kier molecular flexibility index (Phi) is 4.18. The molecule has 1 heteroatoms. The topological polar surface area (TPSA) is 12.0 Å². The minimum Gasteiger partial charge on any atom is -0.308 e. The molecule has 0 fully saturated rings. The fourth-order valence-corrected chi connectivity index (χ4v) is 1.78. The molecule has 0 radical (unpaired) electrons. The summed E-state index contributed by atoms with van der Waals surface area (Å²) in [6.07, 6.45) is 1.17. The number of rotatable bonds is 4. The largest absolute Gasteiger partial charge is 0.308 e. The molecule has 0 unspecified atom stereocenters. The van der Waals surface area contributed by atoms with Crippen molar-refractivity contribution in [1.82, 2.24) is 5.32 Å². The van der Waals surface area contributed by atoms with Gasteiger partial charge in [0.1, 0.15) is 0 Å². The molecule has 78 valence electrons. The van der Waals surface area contributed by atoms with Crippen LogP contribution in [0.15, 0.2) is 12.2 Å². The van der Waals surface area contributed by atoms with Gasteiger partial charge in [0.2, 0.25) is 0 Å². The average molecular weight is 183 g/mol. The summed E-state index contributed by atoms with van der Waals surface area (Å²) < 4.78 is 0. The van der Waals surface area contributed by atoms with E-state index in [4.69, 9.17) is 0 Å². The van der Waals surface area contributed by atoms with Gasteiger partial charge in [-0.15, -0.1) is 0 Å². The Hall–Kier alpha value is -0.300. The lowest BCUT2D eigenvalue weighted by molar-refractivity contribution is 0.247. The normalized spacial score (nSPS) is 13.1. The monoisotopic (exact) mass is 183 g/mol. The van der Waals surface area contributed by atoms with Gasteiger partial charge in [-0.1, -0.05) is 32.9 Å². The Morgan fingerprint density at radius 3 is 1.92 bits per heavy atom. The lowest BCUT2D eigenvalue weighted by Gasteiger charge is -2.33. The van der Waals surface area contributed by atoms with Crippen LogP contribution in [0.3, 0.4) is 0 Å². The van der Waals surface area contributed by atoms with Gasteiger partial charge in [0, 0.05) is 12.1 Å². The van der Waals surface area contributed by atoms with Gasteiger partial charge in [0.25, 0.3) is 0 Å². The molecule has 0 aromatic heterocycles. The molecule has 0 rings (SSSR count). The molecule has 0 aromatic rings. The second kappa shape index (κ2) is 4.28. The second-order valence-corrected chi connectivity index (χ2v) is 5.93. The molecule has 13 heavy (non-hydrogen) atoms. The molecular weight excluding hydrogens is 158 g/mol. The molecule has 0 atom stereocenters. The quantitative estimate of drug-likeness (QED) is 0.659. The van der Waals surface area contributed by atoms with Gasteiger partial charge >= 0.3 is 0 Å². The highest BCUT2D eigenvalue weighted by Gasteiger charge is 2.24. The highest BCUT2D eigenvalue weighted by molar-refractivity contribution is 4.94. The Morgan fingerprint density at radius 1 is 1.15 bits per heavy atom. The lowest BCUT2D eigenvalue weighted by atomic mass is 9.82. The van der Waals surface area contributed by atoms with E-state index < -0.39 is 0 Å². The summed E-state index contributed by atoms with van der Waals surface area (Å²) >= 11 is 0. The van der Waals surface area contributed by atoms with Gasteiger partial charge in [-0.3, -0.25) is 0 Å². The van der Waals surface area contributed by atoms with E-state index in [0.717, 1.165) is 6.54 Å². The Morgan fingerprint density at radius 2 is 1.62 bits per heavy atom. The van der Waals surface area contributed by atoms with E-state index in [2.05, 4.69) is 53.4 Å². The lowest BCUT2D eigenvalue weighted by Crippen LogP contribution is -2.42. The molecule has 0 amide bonds. The zero-order chi connectivity index (χ0) is 10.7. The van der Waals surface area contributed by atoms with E-state index in [1.165, 1.54) is 12.0 Å². The van der Waals surface area contributed by atoms with Crippen LogP contribution in [0.4, 0.5) is 0 Å². The van der Waals surface area contributed by atoms with Crippen LogP contribution in [0.2, 0.25) is 0 Å². The molecule has 1 N–H and O–H groups in total. The van der Waals surface area contributed by atoms with Crippen molar-refractivity contribution >= 4 is 0 Å². The molecule has 0 aliphatic rings. The molecule has 0 bridgehead atoms. The molecule has 0 aliphatic heterocycles. The zero-order valence-electron chi connectivity index (χ0n) is 10.1. The van der Waals surface area contributed by atoms with E-state index in [1.54, 1.807) is 0 Å². The zero-order valence-corrected chi connectivity index (χ0v) is 10.1. The molecule has 0 spiro atoms. The van der Waals surface area contributed by atoms with Crippen molar-refractivity contribution in [2.24, 2.45) is 5.41 Å². The van der Waals surface area contributed by atoms with Gasteiger partial charge in [-0.25, -0.2) is 0 Å². The molecule has 0 saturated carbocycles. The van der Waals surface area contributed by atoms with Crippen LogP contribution >= 0.6 is 0 Å². The third-order valence-electron chi connectivity index (χ3n) is 1.84. The highest BCUT2D eigenvalue weighted by atomic mass is 14.9. The molecule has 0 saturated heterocycles. The number of hydrogen-bond donors (Lipinski definition) is 1. The van der Waals surface area contributed by atoms with E-state index in [1.807, 2.05) is 0 Å². The minimum absolute atomic E-state index is 0.206. The SMILES string of the molecule is C=C(C)CNC(C)(C)CC(C)(C)C. The third-order valence-corrected chi connectivity index (χ3v) is 1.84. The first-order valence-electron chi connectivity index (χ1n) is 5.02. The van der Waals surface area contributed by atoms with Crippen LogP contribution in [-0.4, -0.2) is 12.1 Å². The Balaban J connectivity index is 4.01. The van der Waals surface area contributed by atoms with Crippen LogP contribution in [0.1, 0.15) is 48.0 Å². The summed E-state index contributed by atoms with van der Waals surface area (Å²) in [6, 6.07) is 0. The second-order valence-electron chi connectivity index (χ2n) is 5.93. The molecule has 0 aromatic carbocycles. The van der Waals surface area contributed by atoms with Crippen molar-refractivity contribution in [3.63, 3.8) is 0 Å². The maximum absolute atomic E-state index is 3.89. The summed E-state index contributed by atoms with van der Waals surface area (Å²) in [6.45, 7) is 18.2. The van der Waals surface area contributed by atoms with E-state index in [-0.39, 0.29) is 5.54 Å². The number of nitrogens with one attached hydrogen (secondary N) is 1. The first-order chi connectivity index (χ1) is 5.62. The van der Waals surface area contributed by atoms with Crippen LogP contribution in [-0.2, 0) is 0 Å². The standard InChI is InChI=1S/C12H25N/c1-10(2)8-13-12(6,7)9-11(3,4)5/h13H,1,8-9H2,2-7H3. The van der Waals surface area contributed by atoms with Gasteiger partial charge in [0.05, 0.1) is 0 Å². The van der Waals surface area contributed by atoms with Crippen molar-refractivity contribution in [2.45, 2.75) is 53.5 Å². The third kappa shape index (κ3) is 8.04. The van der Waals surface area contributed by atoms with Crippen molar-refractivity contribution in [3.8, 4) is 0 Å². The Labute approximate surface area is 83.6 Å². The van der Waals surface area contributed by atoms with Gasteiger partial charge in [-0.2, -0.15) is 0 Å². The van der Waals surface area contributed by atoms with Crippen molar-refractivity contribution in [2.75, 3.05) is 6.54 Å². The maximum atomic E-state index is 3.89. The van der Waals surface area contributed by atoms with Crippen molar-refractivity contribution in [1.29, 1.82) is 0 Å². The summed E-state index contributed by atoms with van der Waals surface area (Å²) in [5.74, 6) is 0. The highest BCUT2D eigenvalue weighted by Crippen LogP contribution is 2.26. The smallest absolute Gasteiger partial charge is 0.0164 e. The van der Waals surface area contributed by atoms with E-state index in [0.29, 0.717) is 5.41 Å². The van der Waals surface area contributed by atoms with E-state index >= 15 is 0 Å². The van der Waals surface area contributed by atoms with Gasteiger partial charge in [0.15, 0.2) is 0 Å². The van der Waals surface area contributed by atoms with Crippen LogP contribution in [0, 0.1) is 5.41 Å². The van der Waals surface area contributed by atoms with Gasteiger partial charge < -0.3 is 5.32 Å². The molecule has 0 heterocycles.